The van der Waals surface area contributed by atoms with E-state index in [1.807, 2.05) is 0 Å². The fourth-order valence-corrected chi connectivity index (χ4v) is 2.46. The van der Waals surface area contributed by atoms with E-state index in [2.05, 4.69) is 10.1 Å². The molecule has 0 bridgehead atoms. The zero-order valence-electron chi connectivity index (χ0n) is 12.4. The van der Waals surface area contributed by atoms with Crippen molar-refractivity contribution in [3.05, 3.63) is 46.5 Å². The maximum atomic E-state index is 11.5. The number of aliphatic hydroxyl groups excluding tert-OH is 1. The average molecular weight is 356 g/mol. The number of carbonyl (C=O) groups is 1. The Labute approximate surface area is 143 Å². The molecule has 1 atom stereocenters. The molecule has 0 saturated carbocycles. The smallest absolute Gasteiger partial charge is 0.312 e. The van der Waals surface area contributed by atoms with Crippen molar-refractivity contribution in [2.24, 2.45) is 5.41 Å². The van der Waals surface area contributed by atoms with Gasteiger partial charge in [0.15, 0.2) is 0 Å². The van der Waals surface area contributed by atoms with Gasteiger partial charge < -0.3 is 10.2 Å². The molecule has 0 spiro atoms. The van der Waals surface area contributed by atoms with E-state index < -0.39 is 17.5 Å². The normalized spacial score (nSPS) is 13.9. The zero-order valence-corrected chi connectivity index (χ0v) is 14.0. The highest BCUT2D eigenvalue weighted by Gasteiger charge is 2.39. The molecule has 1 unspecified atom stereocenters. The number of carboxylic acids is 1. The minimum atomic E-state index is -1.44. The maximum Gasteiger partial charge on any atom is 0.312 e. The molecule has 1 heterocycles. The van der Waals surface area contributed by atoms with E-state index in [0.717, 1.165) is 0 Å². The SMILES string of the molecule is CC(C)(C(=O)O)C(O)/C(=C/n1cncn1)c1ccc(Cl)cc1Cl. The van der Waals surface area contributed by atoms with Crippen LogP contribution in [0.2, 0.25) is 10.0 Å². The van der Waals surface area contributed by atoms with Gasteiger partial charge in [0.05, 0.1) is 11.5 Å². The Kier molecular flexibility index (Phi) is 5.09. The third kappa shape index (κ3) is 3.72. The van der Waals surface area contributed by atoms with Crippen molar-refractivity contribution in [1.82, 2.24) is 14.8 Å². The van der Waals surface area contributed by atoms with Crippen LogP contribution in [0, 0.1) is 5.41 Å². The van der Waals surface area contributed by atoms with Gasteiger partial charge in [-0.15, -0.1) is 0 Å². The number of rotatable bonds is 5. The molecule has 0 amide bonds. The van der Waals surface area contributed by atoms with Crippen LogP contribution in [0.3, 0.4) is 0 Å². The van der Waals surface area contributed by atoms with Gasteiger partial charge in [-0.25, -0.2) is 9.67 Å². The Morgan fingerprint density at radius 2 is 2.09 bits per heavy atom. The second-order valence-electron chi connectivity index (χ2n) is 5.51. The van der Waals surface area contributed by atoms with Gasteiger partial charge in [-0.3, -0.25) is 4.79 Å². The van der Waals surface area contributed by atoms with Gasteiger partial charge in [0.25, 0.3) is 0 Å². The molecule has 0 radical (unpaired) electrons. The lowest BCUT2D eigenvalue weighted by Gasteiger charge is -2.28. The molecule has 0 aliphatic rings. The molecule has 23 heavy (non-hydrogen) atoms. The molecule has 122 valence electrons. The Morgan fingerprint density at radius 3 is 2.61 bits per heavy atom. The summed E-state index contributed by atoms with van der Waals surface area (Å²) < 4.78 is 1.36. The summed E-state index contributed by atoms with van der Waals surface area (Å²) in [6, 6.07) is 4.75. The molecular weight excluding hydrogens is 341 g/mol. The average Bonchev–Trinajstić information content (AvgIpc) is 2.97. The number of hydrogen-bond donors (Lipinski definition) is 2. The van der Waals surface area contributed by atoms with Crippen LogP contribution in [-0.4, -0.2) is 37.1 Å². The number of benzene rings is 1. The Balaban J connectivity index is 2.59. The van der Waals surface area contributed by atoms with E-state index in [9.17, 15) is 15.0 Å². The minimum Gasteiger partial charge on any atom is -0.481 e. The first-order chi connectivity index (χ1) is 10.7. The minimum absolute atomic E-state index is 0.295. The van der Waals surface area contributed by atoms with Crippen LogP contribution in [0.25, 0.3) is 11.8 Å². The Bertz CT molecular complexity index is 742. The second-order valence-corrected chi connectivity index (χ2v) is 6.36. The predicted octanol–water partition coefficient (Wildman–Crippen LogP) is 3.05. The summed E-state index contributed by atoms with van der Waals surface area (Å²) in [5.41, 5.74) is -0.673. The number of carboxylic acid groups (broad SMARTS) is 1. The molecule has 0 aliphatic carbocycles. The molecule has 1 aromatic carbocycles. The second kappa shape index (κ2) is 6.70. The van der Waals surface area contributed by atoms with Crippen molar-refractivity contribution >= 4 is 40.9 Å². The molecule has 0 fully saturated rings. The van der Waals surface area contributed by atoms with Crippen molar-refractivity contribution in [1.29, 1.82) is 0 Å². The Morgan fingerprint density at radius 1 is 1.39 bits per heavy atom. The van der Waals surface area contributed by atoms with Crippen LogP contribution in [0.4, 0.5) is 0 Å². The summed E-state index contributed by atoms with van der Waals surface area (Å²) in [6.45, 7) is 2.86. The molecule has 1 aromatic heterocycles. The third-order valence-corrected chi connectivity index (χ3v) is 4.03. The van der Waals surface area contributed by atoms with Gasteiger partial charge in [-0.2, -0.15) is 5.10 Å². The van der Waals surface area contributed by atoms with Crippen LogP contribution >= 0.6 is 23.2 Å². The van der Waals surface area contributed by atoms with Crippen molar-refractivity contribution in [3.63, 3.8) is 0 Å². The monoisotopic (exact) mass is 355 g/mol. The van der Waals surface area contributed by atoms with Gasteiger partial charge in [-0.05, 0) is 26.0 Å². The number of nitrogens with zero attached hydrogens (tertiary/aromatic N) is 3. The highest BCUT2D eigenvalue weighted by molar-refractivity contribution is 6.35. The molecular formula is C15H15Cl2N3O3. The lowest BCUT2D eigenvalue weighted by atomic mass is 9.80. The maximum absolute atomic E-state index is 11.5. The van der Waals surface area contributed by atoms with Crippen LogP contribution in [0.1, 0.15) is 19.4 Å². The fraction of sp³-hybridized carbons (Fsp3) is 0.267. The number of aliphatic hydroxyl groups is 1. The first kappa shape index (κ1) is 17.5. The van der Waals surface area contributed by atoms with E-state index in [-0.39, 0.29) is 0 Å². The van der Waals surface area contributed by atoms with E-state index in [1.54, 1.807) is 12.1 Å². The third-order valence-electron chi connectivity index (χ3n) is 3.48. The van der Waals surface area contributed by atoms with Gasteiger partial charge in [-0.1, -0.05) is 29.3 Å². The molecule has 0 saturated heterocycles. The highest BCUT2D eigenvalue weighted by Crippen LogP contribution is 2.36. The summed E-state index contributed by atoms with van der Waals surface area (Å²) in [4.78, 5) is 15.3. The molecule has 2 aromatic rings. The van der Waals surface area contributed by atoms with Crippen molar-refractivity contribution < 1.29 is 15.0 Å². The summed E-state index contributed by atoms with van der Waals surface area (Å²) in [5.74, 6) is -1.14. The summed E-state index contributed by atoms with van der Waals surface area (Å²) in [7, 11) is 0. The summed E-state index contributed by atoms with van der Waals surface area (Å²) in [5, 5.41) is 24.7. The van der Waals surface area contributed by atoms with Crippen molar-refractivity contribution in [2.75, 3.05) is 0 Å². The summed E-state index contributed by atoms with van der Waals surface area (Å²) >= 11 is 12.1. The Hall–Kier alpha value is -1.89. The number of aromatic nitrogens is 3. The zero-order chi connectivity index (χ0) is 17.2. The fourth-order valence-electron chi connectivity index (χ4n) is 1.94. The van der Waals surface area contributed by atoms with Gasteiger partial charge in [0.2, 0.25) is 0 Å². The molecule has 2 rings (SSSR count). The van der Waals surface area contributed by atoms with Crippen LogP contribution in [0.15, 0.2) is 30.9 Å². The van der Waals surface area contributed by atoms with E-state index in [1.165, 1.54) is 43.5 Å². The van der Waals surface area contributed by atoms with Crippen molar-refractivity contribution in [2.45, 2.75) is 20.0 Å². The highest BCUT2D eigenvalue weighted by atomic mass is 35.5. The predicted molar refractivity (Wildman–Crippen MR) is 88.1 cm³/mol. The molecule has 0 aliphatic heterocycles. The van der Waals surface area contributed by atoms with Crippen molar-refractivity contribution in [3.8, 4) is 0 Å². The van der Waals surface area contributed by atoms with Gasteiger partial charge in [0.1, 0.15) is 12.7 Å². The van der Waals surface area contributed by atoms with E-state index in [4.69, 9.17) is 23.2 Å². The standard InChI is InChI=1S/C15H15Cl2N3O3/c1-15(2,14(22)23)13(21)11(6-20-8-18-7-19-20)10-4-3-9(16)5-12(10)17/h3-8,13,21H,1-2H3,(H,22,23)/b11-6+. The van der Waals surface area contributed by atoms with Crippen LogP contribution in [-0.2, 0) is 4.79 Å². The van der Waals surface area contributed by atoms with Crippen LogP contribution in [0.5, 0.6) is 0 Å². The topological polar surface area (TPSA) is 88.2 Å². The van der Waals surface area contributed by atoms with E-state index >= 15 is 0 Å². The lowest BCUT2D eigenvalue weighted by molar-refractivity contribution is -0.151. The quantitative estimate of drug-likeness (QED) is 0.860. The first-order valence-electron chi connectivity index (χ1n) is 6.66. The van der Waals surface area contributed by atoms with Crippen LogP contribution < -0.4 is 0 Å². The largest absolute Gasteiger partial charge is 0.481 e. The lowest BCUT2D eigenvalue weighted by Crippen LogP contribution is -2.38. The van der Waals surface area contributed by atoms with Gasteiger partial charge >= 0.3 is 5.97 Å². The molecule has 6 nitrogen and oxygen atoms in total. The number of hydrogen-bond acceptors (Lipinski definition) is 4. The number of halogens is 2. The van der Waals surface area contributed by atoms with E-state index in [0.29, 0.717) is 21.2 Å². The van der Waals surface area contributed by atoms with Gasteiger partial charge in [0, 0.05) is 27.4 Å². The molecule has 8 heteroatoms. The molecule has 2 N–H and O–H groups in total. The first-order valence-corrected chi connectivity index (χ1v) is 7.41. The number of aliphatic carboxylic acids is 1. The summed E-state index contributed by atoms with van der Waals surface area (Å²) in [6.07, 6.45) is 2.90.